The van der Waals surface area contributed by atoms with Gasteiger partial charge in [0.05, 0.1) is 5.69 Å². The first-order valence-electron chi connectivity index (χ1n) is 8.15. The highest BCUT2D eigenvalue weighted by molar-refractivity contribution is 7.19. The molecule has 5 nitrogen and oxygen atoms in total. The molecule has 0 radical (unpaired) electrons. The molecule has 3 rings (SSSR count). The number of benzene rings is 2. The van der Waals surface area contributed by atoms with Crippen molar-refractivity contribution in [2.45, 2.75) is 6.42 Å². The zero-order valence-electron chi connectivity index (χ0n) is 14.0. The molecule has 0 atom stereocenters. The van der Waals surface area contributed by atoms with Crippen LogP contribution in [0.3, 0.4) is 0 Å². The van der Waals surface area contributed by atoms with Crippen LogP contribution in [0.2, 0.25) is 0 Å². The summed E-state index contributed by atoms with van der Waals surface area (Å²) in [5.74, 6) is -0.263. The van der Waals surface area contributed by atoms with E-state index in [2.05, 4.69) is 16.7 Å². The number of thiophene rings is 1. The molecule has 1 amide bonds. The molecule has 26 heavy (non-hydrogen) atoms. The summed E-state index contributed by atoms with van der Waals surface area (Å²) in [6.45, 7) is 0.503. The van der Waals surface area contributed by atoms with E-state index in [4.69, 9.17) is 5.73 Å². The molecule has 1 heterocycles. The average Bonchev–Trinajstić information content (AvgIpc) is 2.98. The van der Waals surface area contributed by atoms with E-state index < -0.39 is 0 Å². The standard InChI is InChI=1S/C20H18N4OS/c21-13-16-17(22)18(26-20(16)24-15-9-5-2-6-10-15)19(25)23-12-11-14-7-3-1-4-8-14/h1-10,24H,11-12,22H2,(H,23,25). The summed E-state index contributed by atoms with van der Waals surface area (Å²) in [6, 6.07) is 21.5. The number of hydrogen-bond acceptors (Lipinski definition) is 5. The maximum atomic E-state index is 12.5. The van der Waals surface area contributed by atoms with Crippen LogP contribution in [-0.2, 0) is 6.42 Å². The highest BCUT2D eigenvalue weighted by atomic mass is 32.1. The van der Waals surface area contributed by atoms with Crippen molar-refractivity contribution >= 4 is 33.6 Å². The van der Waals surface area contributed by atoms with Gasteiger partial charge in [0, 0.05) is 12.2 Å². The fraction of sp³-hybridized carbons (Fsp3) is 0.100. The summed E-state index contributed by atoms with van der Waals surface area (Å²) < 4.78 is 0. The average molecular weight is 362 g/mol. The Balaban J connectivity index is 1.71. The third kappa shape index (κ3) is 4.02. The third-order valence-electron chi connectivity index (χ3n) is 3.84. The molecule has 0 spiro atoms. The van der Waals surface area contributed by atoms with E-state index >= 15 is 0 Å². The molecular formula is C20H18N4OS. The van der Waals surface area contributed by atoms with E-state index in [0.717, 1.165) is 17.7 Å². The van der Waals surface area contributed by atoms with Crippen LogP contribution in [0.5, 0.6) is 0 Å². The van der Waals surface area contributed by atoms with Gasteiger partial charge in [-0.05, 0) is 24.1 Å². The summed E-state index contributed by atoms with van der Waals surface area (Å²) in [7, 11) is 0. The van der Waals surface area contributed by atoms with Crippen molar-refractivity contribution in [1.82, 2.24) is 5.32 Å². The Kier molecular flexibility index (Phi) is 5.52. The zero-order chi connectivity index (χ0) is 18.4. The monoisotopic (exact) mass is 362 g/mol. The predicted octanol–water partition coefficient (Wildman–Crippen LogP) is 3.92. The zero-order valence-corrected chi connectivity index (χ0v) is 14.8. The molecular weight excluding hydrogens is 344 g/mol. The highest BCUT2D eigenvalue weighted by Gasteiger charge is 2.21. The second-order valence-corrected chi connectivity index (χ2v) is 6.66. The Hall–Kier alpha value is -3.30. The molecule has 2 aromatic carbocycles. The number of rotatable bonds is 6. The van der Waals surface area contributed by atoms with Crippen molar-refractivity contribution in [3.63, 3.8) is 0 Å². The van der Waals surface area contributed by atoms with Crippen LogP contribution in [-0.4, -0.2) is 12.5 Å². The number of nitrogen functional groups attached to an aromatic ring is 1. The van der Waals surface area contributed by atoms with E-state index in [1.165, 1.54) is 11.3 Å². The van der Waals surface area contributed by atoms with Gasteiger partial charge in [-0.1, -0.05) is 48.5 Å². The van der Waals surface area contributed by atoms with Crippen LogP contribution in [0.1, 0.15) is 20.8 Å². The Morgan fingerprint density at radius 2 is 1.73 bits per heavy atom. The molecule has 0 saturated carbocycles. The smallest absolute Gasteiger partial charge is 0.263 e. The normalized spacial score (nSPS) is 10.1. The summed E-state index contributed by atoms with van der Waals surface area (Å²) in [6.07, 6.45) is 0.734. The van der Waals surface area contributed by atoms with Crippen molar-refractivity contribution in [2.75, 3.05) is 17.6 Å². The van der Waals surface area contributed by atoms with Crippen LogP contribution in [0, 0.1) is 11.3 Å². The minimum absolute atomic E-state index is 0.216. The molecule has 0 aliphatic heterocycles. The topological polar surface area (TPSA) is 90.9 Å². The number of para-hydroxylation sites is 1. The Morgan fingerprint density at radius 1 is 1.08 bits per heavy atom. The second kappa shape index (κ2) is 8.19. The van der Waals surface area contributed by atoms with Gasteiger partial charge in [0.1, 0.15) is 21.5 Å². The second-order valence-electron chi connectivity index (χ2n) is 5.64. The molecule has 0 aliphatic carbocycles. The molecule has 1 aromatic heterocycles. The van der Waals surface area contributed by atoms with Crippen molar-refractivity contribution in [1.29, 1.82) is 5.26 Å². The van der Waals surface area contributed by atoms with Gasteiger partial charge in [-0.2, -0.15) is 5.26 Å². The fourth-order valence-corrected chi connectivity index (χ4v) is 3.52. The SMILES string of the molecule is N#Cc1c(Nc2ccccc2)sc(C(=O)NCCc2ccccc2)c1N. The summed E-state index contributed by atoms with van der Waals surface area (Å²) in [5.41, 5.74) is 8.54. The number of carbonyl (C=O) groups is 1. The van der Waals surface area contributed by atoms with Crippen molar-refractivity contribution in [3.05, 3.63) is 76.7 Å². The molecule has 0 unspecified atom stereocenters. The van der Waals surface area contributed by atoms with Gasteiger partial charge in [-0.25, -0.2) is 0 Å². The van der Waals surface area contributed by atoms with Gasteiger partial charge < -0.3 is 16.4 Å². The van der Waals surface area contributed by atoms with Crippen molar-refractivity contribution in [3.8, 4) is 6.07 Å². The lowest BCUT2D eigenvalue weighted by Gasteiger charge is -2.04. The van der Waals surface area contributed by atoms with E-state index in [1.807, 2.05) is 60.7 Å². The Bertz CT molecular complexity index is 930. The van der Waals surface area contributed by atoms with Gasteiger partial charge in [-0.3, -0.25) is 4.79 Å². The number of nitrogens with one attached hydrogen (secondary N) is 2. The lowest BCUT2D eigenvalue weighted by Crippen LogP contribution is -2.25. The fourth-order valence-electron chi connectivity index (χ4n) is 2.51. The van der Waals surface area contributed by atoms with Crippen molar-refractivity contribution in [2.24, 2.45) is 0 Å². The third-order valence-corrected chi connectivity index (χ3v) is 4.96. The van der Waals surface area contributed by atoms with E-state index in [9.17, 15) is 10.1 Å². The number of amides is 1. The minimum atomic E-state index is -0.263. The molecule has 0 saturated heterocycles. The largest absolute Gasteiger partial charge is 0.396 e. The maximum Gasteiger partial charge on any atom is 0.263 e. The number of anilines is 3. The van der Waals surface area contributed by atoms with E-state index in [1.54, 1.807) is 0 Å². The molecule has 0 fully saturated rings. The number of carbonyl (C=O) groups excluding carboxylic acids is 1. The number of nitriles is 1. The van der Waals surface area contributed by atoms with Gasteiger partial charge in [-0.15, -0.1) is 11.3 Å². The van der Waals surface area contributed by atoms with Gasteiger partial charge in [0.25, 0.3) is 5.91 Å². The highest BCUT2D eigenvalue weighted by Crippen LogP contribution is 2.36. The number of hydrogen-bond donors (Lipinski definition) is 3. The lowest BCUT2D eigenvalue weighted by molar-refractivity contribution is 0.0959. The van der Waals surface area contributed by atoms with Crippen LogP contribution >= 0.6 is 11.3 Å². The van der Waals surface area contributed by atoms with Gasteiger partial charge in [0.2, 0.25) is 0 Å². The van der Waals surface area contributed by atoms with Crippen LogP contribution in [0.15, 0.2) is 60.7 Å². The first kappa shape index (κ1) is 17.5. The van der Waals surface area contributed by atoms with Crippen LogP contribution in [0.25, 0.3) is 0 Å². The van der Waals surface area contributed by atoms with Crippen LogP contribution in [0.4, 0.5) is 16.4 Å². The Labute approximate surface area is 156 Å². The van der Waals surface area contributed by atoms with Crippen molar-refractivity contribution < 1.29 is 4.79 Å². The molecule has 6 heteroatoms. The molecule has 4 N–H and O–H groups in total. The quantitative estimate of drug-likeness (QED) is 0.620. The van der Waals surface area contributed by atoms with Gasteiger partial charge >= 0.3 is 0 Å². The Morgan fingerprint density at radius 3 is 2.38 bits per heavy atom. The minimum Gasteiger partial charge on any atom is -0.396 e. The van der Waals surface area contributed by atoms with Crippen LogP contribution < -0.4 is 16.4 Å². The molecule has 3 aromatic rings. The molecule has 0 aliphatic rings. The first-order valence-corrected chi connectivity index (χ1v) is 8.97. The lowest BCUT2D eigenvalue weighted by atomic mass is 10.1. The summed E-state index contributed by atoms with van der Waals surface area (Å²) in [5, 5.41) is 16.0. The van der Waals surface area contributed by atoms with E-state index in [-0.39, 0.29) is 11.6 Å². The summed E-state index contributed by atoms with van der Waals surface area (Å²) in [4.78, 5) is 12.8. The predicted molar refractivity (Wildman–Crippen MR) is 106 cm³/mol. The van der Waals surface area contributed by atoms with Gasteiger partial charge in [0.15, 0.2) is 0 Å². The first-order chi connectivity index (χ1) is 12.7. The number of nitrogens with zero attached hydrogens (tertiary/aromatic N) is 1. The summed E-state index contributed by atoms with van der Waals surface area (Å²) >= 11 is 1.19. The number of nitrogens with two attached hydrogens (primary N) is 1. The maximum absolute atomic E-state index is 12.5. The van der Waals surface area contributed by atoms with E-state index in [0.29, 0.717) is 22.0 Å². The molecule has 130 valence electrons. The molecule has 0 bridgehead atoms.